The molecule has 0 aromatic carbocycles. The molecule has 0 amide bonds. The van der Waals surface area contributed by atoms with Gasteiger partial charge in [0.1, 0.15) is 11.6 Å². The molecule has 0 radical (unpaired) electrons. The smallest absolute Gasteiger partial charge is 0.218 e. The van der Waals surface area contributed by atoms with Crippen molar-refractivity contribution < 1.29 is 9.13 Å². The molecule has 8 heteroatoms. The Kier molecular flexibility index (Phi) is 3.44. The number of halogens is 1. The van der Waals surface area contributed by atoms with Crippen molar-refractivity contribution in [1.82, 2.24) is 19.6 Å². The largest absolute Gasteiger partial charge is 0.481 e. The molecule has 3 aromatic rings. The van der Waals surface area contributed by atoms with Gasteiger partial charge >= 0.3 is 0 Å². The number of hydrogen-bond donors (Lipinski definition) is 1. The summed E-state index contributed by atoms with van der Waals surface area (Å²) in [6.07, 6.45) is 6.42. The van der Waals surface area contributed by atoms with E-state index in [-0.39, 0.29) is 11.9 Å². The molecule has 1 saturated heterocycles. The maximum absolute atomic E-state index is 13.7. The maximum Gasteiger partial charge on any atom is 0.218 e. The van der Waals surface area contributed by atoms with Crippen LogP contribution in [0, 0.1) is 5.82 Å². The Morgan fingerprint density at radius 2 is 2.25 bits per heavy atom. The number of aromatic nitrogens is 4. The summed E-state index contributed by atoms with van der Waals surface area (Å²) in [5.41, 5.74) is 7.78. The van der Waals surface area contributed by atoms with E-state index in [9.17, 15) is 4.39 Å². The molecular formula is C16H17FN6O. The van der Waals surface area contributed by atoms with Crippen molar-refractivity contribution in [3.05, 3.63) is 42.1 Å². The van der Waals surface area contributed by atoms with Gasteiger partial charge in [-0.25, -0.2) is 18.9 Å². The van der Waals surface area contributed by atoms with Crippen LogP contribution in [0.5, 0.6) is 5.88 Å². The van der Waals surface area contributed by atoms with Gasteiger partial charge in [-0.1, -0.05) is 0 Å². The lowest BCUT2D eigenvalue weighted by atomic mass is 10.1. The van der Waals surface area contributed by atoms with Crippen molar-refractivity contribution in [3.63, 3.8) is 0 Å². The highest BCUT2D eigenvalue weighted by Gasteiger charge is 2.30. The Morgan fingerprint density at radius 3 is 3.08 bits per heavy atom. The molecule has 24 heavy (non-hydrogen) atoms. The van der Waals surface area contributed by atoms with Crippen LogP contribution in [0.3, 0.4) is 0 Å². The van der Waals surface area contributed by atoms with E-state index < -0.39 is 0 Å². The van der Waals surface area contributed by atoms with Crippen LogP contribution in [0.4, 0.5) is 15.9 Å². The predicted octanol–water partition coefficient (Wildman–Crippen LogP) is 2.20. The van der Waals surface area contributed by atoms with Crippen molar-refractivity contribution in [1.29, 1.82) is 0 Å². The molecule has 0 aliphatic carbocycles. The third kappa shape index (κ3) is 2.31. The van der Waals surface area contributed by atoms with E-state index >= 15 is 0 Å². The molecule has 3 aromatic heterocycles. The first-order valence-corrected chi connectivity index (χ1v) is 7.73. The number of nitrogens with two attached hydrogens (primary N) is 1. The summed E-state index contributed by atoms with van der Waals surface area (Å²) in [6.45, 7) is 0.821. The van der Waals surface area contributed by atoms with Gasteiger partial charge < -0.3 is 15.4 Å². The molecule has 0 bridgehead atoms. The van der Waals surface area contributed by atoms with Crippen molar-refractivity contribution in [3.8, 4) is 5.88 Å². The second kappa shape index (κ2) is 5.63. The van der Waals surface area contributed by atoms with Gasteiger partial charge in [0.2, 0.25) is 5.88 Å². The minimum Gasteiger partial charge on any atom is -0.481 e. The van der Waals surface area contributed by atoms with Crippen LogP contribution in [0.1, 0.15) is 24.4 Å². The summed E-state index contributed by atoms with van der Waals surface area (Å²) in [5, 5.41) is 4.13. The van der Waals surface area contributed by atoms with E-state index in [1.165, 1.54) is 12.3 Å². The van der Waals surface area contributed by atoms with Crippen LogP contribution in [-0.4, -0.2) is 33.2 Å². The van der Waals surface area contributed by atoms with E-state index in [0.29, 0.717) is 17.2 Å². The lowest BCUT2D eigenvalue weighted by Crippen LogP contribution is -2.24. The zero-order chi connectivity index (χ0) is 16.7. The number of pyridine rings is 1. The quantitative estimate of drug-likeness (QED) is 0.794. The normalized spacial score (nSPS) is 17.6. The SMILES string of the molecule is COc1ncc(F)cc1[C@H]1CCCN1c1ccn2ncc(N)c2n1. The zero-order valence-electron chi connectivity index (χ0n) is 13.2. The summed E-state index contributed by atoms with van der Waals surface area (Å²) in [7, 11) is 1.54. The fourth-order valence-electron chi connectivity index (χ4n) is 3.25. The van der Waals surface area contributed by atoms with E-state index in [0.717, 1.165) is 30.8 Å². The summed E-state index contributed by atoms with van der Waals surface area (Å²) in [5.74, 6) is 0.850. The van der Waals surface area contributed by atoms with Crippen LogP contribution < -0.4 is 15.4 Å². The van der Waals surface area contributed by atoms with Gasteiger partial charge in [-0.15, -0.1) is 0 Å². The minimum absolute atomic E-state index is 0.0396. The monoisotopic (exact) mass is 328 g/mol. The molecule has 0 saturated carbocycles. The summed E-state index contributed by atoms with van der Waals surface area (Å²) in [6, 6.07) is 3.33. The molecule has 1 fully saturated rings. The number of nitrogens with zero attached hydrogens (tertiary/aromatic N) is 5. The van der Waals surface area contributed by atoms with Crippen LogP contribution >= 0.6 is 0 Å². The number of methoxy groups -OCH3 is 1. The van der Waals surface area contributed by atoms with E-state index in [1.54, 1.807) is 17.8 Å². The average molecular weight is 328 g/mol. The number of fused-ring (bicyclic) bond motifs is 1. The summed E-state index contributed by atoms with van der Waals surface area (Å²) < 4.78 is 20.7. The Hall–Kier alpha value is -2.90. The van der Waals surface area contributed by atoms with Crippen molar-refractivity contribution in [2.24, 2.45) is 0 Å². The standard InChI is InChI=1S/C16H17FN6O/c1-24-16-11(7-10(17)8-19-16)13-3-2-5-22(13)14-4-6-23-15(21-14)12(18)9-20-23/h4,6-9,13H,2-3,5,18H2,1H3/t13-/m1/s1. The van der Waals surface area contributed by atoms with Gasteiger partial charge in [-0.3, -0.25) is 0 Å². The second-order valence-corrected chi connectivity index (χ2v) is 5.76. The number of hydrogen-bond acceptors (Lipinski definition) is 6. The number of ether oxygens (including phenoxy) is 1. The fourth-order valence-corrected chi connectivity index (χ4v) is 3.25. The molecule has 2 N–H and O–H groups in total. The highest BCUT2D eigenvalue weighted by Crippen LogP contribution is 2.38. The lowest BCUT2D eigenvalue weighted by Gasteiger charge is -2.26. The van der Waals surface area contributed by atoms with Gasteiger partial charge in [0, 0.05) is 18.3 Å². The lowest BCUT2D eigenvalue weighted by molar-refractivity contribution is 0.385. The van der Waals surface area contributed by atoms with E-state index in [4.69, 9.17) is 10.5 Å². The molecule has 4 rings (SSSR count). The maximum atomic E-state index is 13.7. The van der Waals surface area contributed by atoms with Crippen LogP contribution in [0.15, 0.2) is 30.7 Å². The minimum atomic E-state index is -0.374. The van der Waals surface area contributed by atoms with Crippen LogP contribution in [0.25, 0.3) is 5.65 Å². The zero-order valence-corrected chi connectivity index (χ0v) is 13.2. The van der Waals surface area contributed by atoms with Gasteiger partial charge in [0.05, 0.1) is 31.2 Å². The summed E-state index contributed by atoms with van der Waals surface area (Å²) >= 11 is 0. The topological polar surface area (TPSA) is 81.6 Å². The molecule has 7 nitrogen and oxygen atoms in total. The molecule has 1 atom stereocenters. The van der Waals surface area contributed by atoms with Gasteiger partial charge in [0.25, 0.3) is 0 Å². The van der Waals surface area contributed by atoms with Crippen molar-refractivity contribution >= 4 is 17.2 Å². The van der Waals surface area contributed by atoms with Crippen molar-refractivity contribution in [2.45, 2.75) is 18.9 Å². The van der Waals surface area contributed by atoms with Crippen molar-refractivity contribution in [2.75, 3.05) is 24.3 Å². The summed E-state index contributed by atoms with van der Waals surface area (Å²) in [4.78, 5) is 10.8. The Bertz CT molecular complexity index is 895. The first-order chi connectivity index (χ1) is 11.7. The second-order valence-electron chi connectivity index (χ2n) is 5.76. The third-order valence-corrected chi connectivity index (χ3v) is 4.33. The highest BCUT2D eigenvalue weighted by atomic mass is 19.1. The third-order valence-electron chi connectivity index (χ3n) is 4.33. The molecular weight excluding hydrogens is 311 g/mol. The molecule has 1 aliphatic rings. The predicted molar refractivity (Wildman–Crippen MR) is 87.5 cm³/mol. The first-order valence-electron chi connectivity index (χ1n) is 7.73. The molecule has 0 spiro atoms. The molecule has 4 heterocycles. The van der Waals surface area contributed by atoms with Gasteiger partial charge in [-0.05, 0) is 25.0 Å². The first kappa shape index (κ1) is 14.7. The highest BCUT2D eigenvalue weighted by molar-refractivity contribution is 5.65. The number of nitrogen functional groups attached to an aromatic ring is 1. The number of anilines is 2. The molecule has 1 aliphatic heterocycles. The van der Waals surface area contributed by atoms with E-state index in [1.807, 2.05) is 12.3 Å². The van der Waals surface area contributed by atoms with Crippen LogP contribution in [-0.2, 0) is 0 Å². The fraction of sp³-hybridized carbons (Fsp3) is 0.312. The van der Waals surface area contributed by atoms with E-state index in [2.05, 4.69) is 20.0 Å². The van der Waals surface area contributed by atoms with Gasteiger partial charge in [-0.2, -0.15) is 5.10 Å². The average Bonchev–Trinajstić information content (AvgIpc) is 3.22. The Morgan fingerprint density at radius 1 is 1.38 bits per heavy atom. The molecule has 0 unspecified atom stereocenters. The Labute approximate surface area is 137 Å². The molecule has 124 valence electrons. The van der Waals surface area contributed by atoms with Gasteiger partial charge in [0.15, 0.2) is 5.65 Å². The van der Waals surface area contributed by atoms with Crippen LogP contribution in [0.2, 0.25) is 0 Å². The Balaban J connectivity index is 1.76. The number of rotatable bonds is 3.